The monoisotopic (exact) mass is 386 g/mol. The number of halogens is 3. The first-order chi connectivity index (χ1) is 11.9. The van der Waals surface area contributed by atoms with Crippen LogP contribution >= 0.6 is 12.4 Å². The number of methoxy groups -OCH3 is 1. The number of carbonyl (C=O) groups excluding carboxylic acids is 1. The van der Waals surface area contributed by atoms with Gasteiger partial charge in [-0.3, -0.25) is 4.79 Å². The van der Waals surface area contributed by atoms with Gasteiger partial charge in [0.25, 0.3) is 0 Å². The Bertz CT molecular complexity index is 727. The third-order valence-electron chi connectivity index (χ3n) is 3.62. The van der Waals surface area contributed by atoms with Crippen molar-refractivity contribution in [1.29, 1.82) is 0 Å². The van der Waals surface area contributed by atoms with Crippen LogP contribution in [0.4, 0.5) is 14.5 Å². The topological polar surface area (TPSA) is 64.8 Å². The lowest BCUT2D eigenvalue weighted by atomic mass is 10.1. The minimum absolute atomic E-state index is 0. The van der Waals surface area contributed by atoms with Crippen LogP contribution < -0.4 is 15.2 Å². The zero-order valence-corrected chi connectivity index (χ0v) is 15.3. The summed E-state index contributed by atoms with van der Waals surface area (Å²) in [6, 6.07) is 11.7. The van der Waals surface area contributed by atoms with Gasteiger partial charge in [-0.25, -0.2) is 0 Å². The number of hydrogen-bond donors (Lipinski definition) is 1. The van der Waals surface area contributed by atoms with Crippen molar-refractivity contribution >= 4 is 24.0 Å². The lowest BCUT2D eigenvalue weighted by Gasteiger charge is -2.18. The molecule has 0 saturated carbocycles. The normalized spacial score (nSPS) is 10.2. The highest BCUT2D eigenvalue weighted by molar-refractivity contribution is 5.85. The number of rotatable bonds is 7. The number of ether oxygens (including phenoxy) is 2. The Hall–Kier alpha value is -2.54. The van der Waals surface area contributed by atoms with Crippen LogP contribution in [-0.2, 0) is 17.8 Å². The van der Waals surface area contributed by atoms with E-state index >= 15 is 0 Å². The van der Waals surface area contributed by atoms with Gasteiger partial charge in [-0.1, -0.05) is 18.2 Å². The van der Waals surface area contributed by atoms with E-state index in [1.165, 1.54) is 24.1 Å². The second-order valence-corrected chi connectivity index (χ2v) is 5.53. The predicted molar refractivity (Wildman–Crippen MR) is 97.9 cm³/mol. The molecule has 1 amide bonds. The van der Waals surface area contributed by atoms with Gasteiger partial charge < -0.3 is 20.1 Å². The minimum atomic E-state index is -2.95. The maximum Gasteiger partial charge on any atom is 0.387 e. The third-order valence-corrected chi connectivity index (χ3v) is 3.62. The minimum Gasteiger partial charge on any atom is -0.493 e. The lowest BCUT2D eigenvalue weighted by Crippen LogP contribution is -2.27. The first kappa shape index (κ1) is 21.5. The Balaban J connectivity index is 0.00000338. The first-order valence-electron chi connectivity index (χ1n) is 7.59. The summed E-state index contributed by atoms with van der Waals surface area (Å²) >= 11 is 0. The molecule has 0 aliphatic rings. The van der Waals surface area contributed by atoms with Crippen LogP contribution in [-0.4, -0.2) is 31.6 Å². The molecular weight excluding hydrogens is 366 g/mol. The van der Waals surface area contributed by atoms with E-state index < -0.39 is 6.61 Å². The molecule has 2 aromatic rings. The number of anilines is 1. The van der Waals surface area contributed by atoms with E-state index in [1.807, 2.05) is 0 Å². The fourth-order valence-electron chi connectivity index (χ4n) is 2.31. The van der Waals surface area contributed by atoms with Crippen LogP contribution in [0.25, 0.3) is 0 Å². The molecule has 26 heavy (non-hydrogen) atoms. The molecule has 0 heterocycles. The quantitative estimate of drug-likeness (QED) is 0.740. The van der Waals surface area contributed by atoms with E-state index in [1.54, 1.807) is 37.4 Å². The van der Waals surface area contributed by atoms with Crippen molar-refractivity contribution in [1.82, 2.24) is 4.90 Å². The number of nitrogen functional groups attached to an aromatic ring is 1. The summed E-state index contributed by atoms with van der Waals surface area (Å²) in [4.78, 5) is 13.8. The highest BCUT2D eigenvalue weighted by atomic mass is 35.5. The Morgan fingerprint density at radius 3 is 2.31 bits per heavy atom. The zero-order chi connectivity index (χ0) is 18.4. The number of likely N-dealkylation sites (N-methyl/N-ethyl adjacent to an activating group) is 1. The smallest absolute Gasteiger partial charge is 0.387 e. The molecule has 2 aromatic carbocycles. The van der Waals surface area contributed by atoms with Crippen molar-refractivity contribution in [3.63, 3.8) is 0 Å². The number of nitrogens with zero attached hydrogens (tertiary/aromatic N) is 1. The van der Waals surface area contributed by atoms with E-state index in [2.05, 4.69) is 4.74 Å². The van der Waals surface area contributed by atoms with Crippen molar-refractivity contribution in [3.05, 3.63) is 53.6 Å². The van der Waals surface area contributed by atoms with Crippen LogP contribution in [0.3, 0.4) is 0 Å². The Kier molecular flexibility index (Phi) is 8.12. The molecule has 0 saturated heterocycles. The summed E-state index contributed by atoms with van der Waals surface area (Å²) in [5.41, 5.74) is 7.76. The summed E-state index contributed by atoms with van der Waals surface area (Å²) in [6.45, 7) is -2.69. The van der Waals surface area contributed by atoms with Gasteiger partial charge in [0.1, 0.15) is 0 Å². The zero-order valence-electron chi connectivity index (χ0n) is 14.4. The summed E-state index contributed by atoms with van der Waals surface area (Å²) < 4.78 is 34.4. The van der Waals surface area contributed by atoms with E-state index in [-0.39, 0.29) is 42.8 Å². The second-order valence-electron chi connectivity index (χ2n) is 5.53. The van der Waals surface area contributed by atoms with Gasteiger partial charge in [0.2, 0.25) is 5.91 Å². The van der Waals surface area contributed by atoms with Crippen molar-refractivity contribution in [2.75, 3.05) is 19.9 Å². The summed E-state index contributed by atoms with van der Waals surface area (Å²) in [5.74, 6) is 0.0474. The van der Waals surface area contributed by atoms with E-state index in [0.717, 1.165) is 5.56 Å². The molecule has 2 N–H and O–H groups in total. The maximum atomic E-state index is 12.5. The molecule has 142 valence electrons. The van der Waals surface area contributed by atoms with E-state index in [4.69, 9.17) is 10.5 Å². The van der Waals surface area contributed by atoms with Crippen molar-refractivity contribution in [3.8, 4) is 11.5 Å². The van der Waals surface area contributed by atoms with Crippen LogP contribution in [0.2, 0.25) is 0 Å². The van der Waals surface area contributed by atoms with Crippen LogP contribution in [0, 0.1) is 0 Å². The number of alkyl halides is 2. The first-order valence-corrected chi connectivity index (χ1v) is 7.59. The van der Waals surface area contributed by atoms with Gasteiger partial charge in [-0.15, -0.1) is 12.4 Å². The van der Waals surface area contributed by atoms with Gasteiger partial charge in [0.15, 0.2) is 11.5 Å². The standard InChI is InChI=1S/C18H20F2N2O3.ClH/c1-22(17(23)10-12-3-6-14(21)7-4-12)11-13-5-8-15(24-2)16(9-13)25-18(19)20;/h3-9,18H,10-11,21H2,1-2H3;1H. The molecule has 0 spiro atoms. The Morgan fingerprint density at radius 1 is 1.12 bits per heavy atom. The molecular formula is C18H21ClF2N2O3. The Labute approximate surface area is 157 Å². The summed E-state index contributed by atoms with van der Waals surface area (Å²) in [5, 5.41) is 0. The van der Waals surface area contributed by atoms with E-state index in [0.29, 0.717) is 11.3 Å². The van der Waals surface area contributed by atoms with Gasteiger partial charge in [-0.2, -0.15) is 8.78 Å². The number of carbonyl (C=O) groups is 1. The van der Waals surface area contributed by atoms with E-state index in [9.17, 15) is 13.6 Å². The Morgan fingerprint density at radius 2 is 1.73 bits per heavy atom. The van der Waals surface area contributed by atoms with Crippen molar-refractivity contribution in [2.24, 2.45) is 0 Å². The highest BCUT2D eigenvalue weighted by Crippen LogP contribution is 2.29. The fraction of sp³-hybridized carbons (Fsp3) is 0.278. The molecule has 0 bridgehead atoms. The van der Waals surface area contributed by atoms with Gasteiger partial charge >= 0.3 is 6.61 Å². The maximum absolute atomic E-state index is 12.5. The average molecular weight is 387 g/mol. The molecule has 0 aromatic heterocycles. The molecule has 2 rings (SSSR count). The lowest BCUT2D eigenvalue weighted by molar-refractivity contribution is -0.129. The van der Waals surface area contributed by atoms with Crippen LogP contribution in [0.15, 0.2) is 42.5 Å². The van der Waals surface area contributed by atoms with Crippen molar-refractivity contribution < 1.29 is 23.0 Å². The predicted octanol–water partition coefficient (Wildman–Crippen LogP) is 3.50. The fourth-order valence-corrected chi connectivity index (χ4v) is 2.31. The molecule has 0 aliphatic carbocycles. The highest BCUT2D eigenvalue weighted by Gasteiger charge is 2.14. The molecule has 0 aliphatic heterocycles. The molecule has 0 radical (unpaired) electrons. The van der Waals surface area contributed by atoms with Gasteiger partial charge in [0.05, 0.1) is 13.5 Å². The van der Waals surface area contributed by atoms with Crippen LogP contribution in [0.5, 0.6) is 11.5 Å². The number of hydrogen-bond acceptors (Lipinski definition) is 4. The third kappa shape index (κ3) is 6.07. The van der Waals surface area contributed by atoms with Crippen molar-refractivity contribution in [2.45, 2.75) is 19.6 Å². The molecule has 0 unspecified atom stereocenters. The summed E-state index contributed by atoms with van der Waals surface area (Å²) in [6.07, 6.45) is 0.229. The number of amides is 1. The second kappa shape index (κ2) is 9.82. The number of benzene rings is 2. The van der Waals surface area contributed by atoms with Gasteiger partial charge in [0, 0.05) is 19.3 Å². The molecule has 8 heteroatoms. The average Bonchev–Trinajstić information content (AvgIpc) is 2.56. The molecule has 5 nitrogen and oxygen atoms in total. The largest absolute Gasteiger partial charge is 0.493 e. The molecule has 0 atom stereocenters. The molecule has 0 fully saturated rings. The summed E-state index contributed by atoms with van der Waals surface area (Å²) in [7, 11) is 3.02. The van der Waals surface area contributed by atoms with Gasteiger partial charge in [-0.05, 0) is 35.4 Å². The number of nitrogens with two attached hydrogens (primary N) is 1. The van der Waals surface area contributed by atoms with Crippen LogP contribution in [0.1, 0.15) is 11.1 Å². The SMILES string of the molecule is COc1ccc(CN(C)C(=O)Cc2ccc(N)cc2)cc1OC(F)F.Cl.